The lowest BCUT2D eigenvalue weighted by molar-refractivity contribution is 0.0945. The highest BCUT2D eigenvalue weighted by molar-refractivity contribution is 5.93. The lowest BCUT2D eigenvalue weighted by Crippen LogP contribution is -2.26. The minimum atomic E-state index is -0.423. The molecule has 0 spiro atoms. The fraction of sp³-hybridized carbons (Fsp3) is 0.278. The Kier molecular flexibility index (Phi) is 4.65. The van der Waals surface area contributed by atoms with Crippen LogP contribution in [0.4, 0.5) is 4.39 Å². The summed E-state index contributed by atoms with van der Waals surface area (Å²) in [5.41, 5.74) is 3.55. The minimum absolute atomic E-state index is 0.123. The highest BCUT2D eigenvalue weighted by Gasteiger charge is 2.16. The molecule has 0 atom stereocenters. The summed E-state index contributed by atoms with van der Waals surface area (Å²) in [5, 5.41) is 10.9. The van der Waals surface area contributed by atoms with Gasteiger partial charge in [0.1, 0.15) is 5.82 Å². The number of carbonyl (C=O) groups excluding carboxylic acids is 1. The summed E-state index contributed by atoms with van der Waals surface area (Å²) in [6.07, 6.45) is 0.676. The van der Waals surface area contributed by atoms with Crippen LogP contribution in [0.3, 0.4) is 0 Å². The fourth-order valence-corrected chi connectivity index (χ4v) is 2.74. The SMILES string of the molecule is Cc1nn(C)c(C)c1CCNC(=O)c1cc(-c2ccccc2F)on1. The van der Waals surface area contributed by atoms with Crippen molar-refractivity contribution >= 4 is 5.91 Å². The Balaban J connectivity index is 1.64. The summed E-state index contributed by atoms with van der Waals surface area (Å²) in [4.78, 5) is 12.2. The van der Waals surface area contributed by atoms with E-state index in [1.165, 1.54) is 12.1 Å². The molecule has 7 heteroatoms. The van der Waals surface area contributed by atoms with E-state index in [0.717, 1.165) is 17.0 Å². The highest BCUT2D eigenvalue weighted by atomic mass is 19.1. The van der Waals surface area contributed by atoms with Crippen molar-refractivity contribution in [2.45, 2.75) is 20.3 Å². The first-order valence-electron chi connectivity index (χ1n) is 7.96. The Hall–Kier alpha value is -2.96. The van der Waals surface area contributed by atoms with Gasteiger partial charge in [-0.25, -0.2) is 4.39 Å². The number of nitrogens with one attached hydrogen (secondary N) is 1. The van der Waals surface area contributed by atoms with Crippen LogP contribution < -0.4 is 5.32 Å². The molecule has 0 fully saturated rings. The Bertz CT molecular complexity index is 914. The summed E-state index contributed by atoms with van der Waals surface area (Å²) in [6, 6.07) is 7.63. The summed E-state index contributed by atoms with van der Waals surface area (Å²) >= 11 is 0. The average Bonchev–Trinajstić information content (AvgIpc) is 3.16. The molecule has 1 aromatic carbocycles. The average molecular weight is 342 g/mol. The molecule has 1 amide bonds. The molecule has 0 saturated heterocycles. The molecule has 0 radical (unpaired) electrons. The zero-order valence-corrected chi connectivity index (χ0v) is 14.3. The van der Waals surface area contributed by atoms with Gasteiger partial charge in [0, 0.05) is 25.4 Å². The number of hydrogen-bond acceptors (Lipinski definition) is 4. The van der Waals surface area contributed by atoms with Crippen molar-refractivity contribution in [3.63, 3.8) is 0 Å². The van der Waals surface area contributed by atoms with Crippen molar-refractivity contribution in [2.75, 3.05) is 6.54 Å². The maximum absolute atomic E-state index is 13.8. The van der Waals surface area contributed by atoms with E-state index in [1.807, 2.05) is 25.6 Å². The van der Waals surface area contributed by atoms with Crippen LogP contribution in [0, 0.1) is 19.7 Å². The number of aryl methyl sites for hydroxylation is 2. The predicted octanol–water partition coefficient (Wildman–Crippen LogP) is 2.80. The normalized spacial score (nSPS) is 10.9. The standard InChI is InChI=1S/C18H19FN4O2/c1-11-13(12(2)23(3)21-11)8-9-20-18(24)16-10-17(25-22-16)14-6-4-5-7-15(14)19/h4-7,10H,8-9H2,1-3H3,(H,20,24). The first-order chi connectivity index (χ1) is 12.0. The van der Waals surface area contributed by atoms with Crippen molar-refractivity contribution in [3.05, 3.63) is 58.8 Å². The lowest BCUT2D eigenvalue weighted by Gasteiger charge is -2.03. The van der Waals surface area contributed by atoms with Crippen LogP contribution in [0.2, 0.25) is 0 Å². The van der Waals surface area contributed by atoms with E-state index in [1.54, 1.807) is 18.2 Å². The molecule has 0 aliphatic rings. The molecule has 3 rings (SSSR count). The smallest absolute Gasteiger partial charge is 0.273 e. The van der Waals surface area contributed by atoms with Gasteiger partial charge >= 0.3 is 0 Å². The van der Waals surface area contributed by atoms with E-state index >= 15 is 0 Å². The fourth-order valence-electron chi connectivity index (χ4n) is 2.74. The van der Waals surface area contributed by atoms with Gasteiger partial charge in [-0.05, 0) is 38.0 Å². The van der Waals surface area contributed by atoms with Gasteiger partial charge in [0.05, 0.1) is 11.3 Å². The van der Waals surface area contributed by atoms with Crippen molar-refractivity contribution in [1.29, 1.82) is 0 Å². The number of halogens is 1. The maximum Gasteiger partial charge on any atom is 0.273 e. The summed E-state index contributed by atoms with van der Waals surface area (Å²) < 4.78 is 20.7. The number of nitrogens with zero attached hydrogens (tertiary/aromatic N) is 3. The number of hydrogen-bond donors (Lipinski definition) is 1. The molecular formula is C18H19FN4O2. The van der Waals surface area contributed by atoms with Crippen LogP contribution in [0.25, 0.3) is 11.3 Å². The zero-order chi connectivity index (χ0) is 18.0. The molecular weight excluding hydrogens is 323 g/mol. The quantitative estimate of drug-likeness (QED) is 0.774. The summed E-state index contributed by atoms with van der Waals surface area (Å²) in [7, 11) is 1.89. The second-order valence-corrected chi connectivity index (χ2v) is 5.84. The van der Waals surface area contributed by atoms with Crippen molar-refractivity contribution in [3.8, 4) is 11.3 Å². The molecule has 1 N–H and O–H groups in total. The third kappa shape index (κ3) is 3.45. The lowest BCUT2D eigenvalue weighted by atomic mass is 10.1. The van der Waals surface area contributed by atoms with Crippen LogP contribution >= 0.6 is 0 Å². The highest BCUT2D eigenvalue weighted by Crippen LogP contribution is 2.23. The number of benzene rings is 1. The predicted molar refractivity (Wildman–Crippen MR) is 90.6 cm³/mol. The van der Waals surface area contributed by atoms with E-state index in [2.05, 4.69) is 15.6 Å². The van der Waals surface area contributed by atoms with Crippen molar-refractivity contribution in [2.24, 2.45) is 7.05 Å². The number of rotatable bonds is 5. The van der Waals surface area contributed by atoms with Gasteiger partial charge in [-0.2, -0.15) is 5.10 Å². The summed E-state index contributed by atoms with van der Waals surface area (Å²) in [5.74, 6) is -0.555. The molecule has 0 saturated carbocycles. The molecule has 0 aliphatic carbocycles. The Morgan fingerprint density at radius 2 is 2.08 bits per heavy atom. The van der Waals surface area contributed by atoms with Gasteiger partial charge in [-0.3, -0.25) is 9.48 Å². The van der Waals surface area contributed by atoms with E-state index in [4.69, 9.17) is 4.52 Å². The molecule has 2 aromatic heterocycles. The molecule has 0 unspecified atom stereocenters. The van der Waals surface area contributed by atoms with Gasteiger partial charge < -0.3 is 9.84 Å². The number of aromatic nitrogens is 3. The molecule has 130 valence electrons. The Morgan fingerprint density at radius 1 is 1.32 bits per heavy atom. The van der Waals surface area contributed by atoms with Gasteiger partial charge in [0.15, 0.2) is 11.5 Å². The van der Waals surface area contributed by atoms with Crippen LogP contribution in [0.15, 0.2) is 34.9 Å². The van der Waals surface area contributed by atoms with Crippen LogP contribution in [0.1, 0.15) is 27.4 Å². The third-order valence-electron chi connectivity index (χ3n) is 4.20. The first kappa shape index (κ1) is 16.9. The van der Waals surface area contributed by atoms with E-state index < -0.39 is 5.82 Å². The molecule has 2 heterocycles. The molecule has 0 aliphatic heterocycles. The monoisotopic (exact) mass is 342 g/mol. The molecule has 6 nitrogen and oxygen atoms in total. The minimum Gasteiger partial charge on any atom is -0.355 e. The van der Waals surface area contributed by atoms with Gasteiger partial charge in [0.25, 0.3) is 5.91 Å². The van der Waals surface area contributed by atoms with Gasteiger partial charge in [-0.1, -0.05) is 17.3 Å². The van der Waals surface area contributed by atoms with E-state index in [-0.39, 0.29) is 22.9 Å². The molecule has 0 bridgehead atoms. The van der Waals surface area contributed by atoms with Crippen LogP contribution in [0.5, 0.6) is 0 Å². The Morgan fingerprint density at radius 3 is 2.76 bits per heavy atom. The maximum atomic E-state index is 13.8. The van der Waals surface area contributed by atoms with Crippen LogP contribution in [-0.4, -0.2) is 27.4 Å². The number of amides is 1. The second kappa shape index (κ2) is 6.88. The van der Waals surface area contributed by atoms with E-state index in [9.17, 15) is 9.18 Å². The van der Waals surface area contributed by atoms with Crippen LogP contribution in [-0.2, 0) is 13.5 Å². The second-order valence-electron chi connectivity index (χ2n) is 5.84. The first-order valence-corrected chi connectivity index (χ1v) is 7.96. The number of carbonyl (C=O) groups is 1. The summed E-state index contributed by atoms with van der Waals surface area (Å²) in [6.45, 7) is 4.39. The topological polar surface area (TPSA) is 73.0 Å². The largest absolute Gasteiger partial charge is 0.355 e. The van der Waals surface area contributed by atoms with Crippen molar-refractivity contribution in [1.82, 2.24) is 20.3 Å². The molecule has 25 heavy (non-hydrogen) atoms. The third-order valence-corrected chi connectivity index (χ3v) is 4.20. The Labute approximate surface area is 144 Å². The van der Waals surface area contributed by atoms with Gasteiger partial charge in [-0.15, -0.1) is 0 Å². The zero-order valence-electron chi connectivity index (χ0n) is 14.3. The van der Waals surface area contributed by atoms with Crippen molar-refractivity contribution < 1.29 is 13.7 Å². The molecule has 3 aromatic rings. The van der Waals surface area contributed by atoms with E-state index in [0.29, 0.717) is 13.0 Å². The van der Waals surface area contributed by atoms with Gasteiger partial charge in [0.2, 0.25) is 0 Å².